The Morgan fingerprint density at radius 2 is 1.80 bits per heavy atom. The van der Waals surface area contributed by atoms with Crippen LogP contribution in [0.2, 0.25) is 0 Å². The summed E-state index contributed by atoms with van der Waals surface area (Å²) in [5.41, 5.74) is 0.669. The van der Waals surface area contributed by atoms with Crippen molar-refractivity contribution in [2.75, 3.05) is 0 Å². The lowest BCUT2D eigenvalue weighted by atomic mass is 10.1. The maximum atomic E-state index is 13.4. The molecule has 1 heterocycles. The number of hydrogen-bond acceptors (Lipinski definition) is 3. The lowest BCUT2D eigenvalue weighted by Crippen LogP contribution is -2.31. The highest BCUT2D eigenvalue weighted by atomic mass is 32.2. The molecule has 0 aliphatic heterocycles. The number of aromatic nitrogens is 2. The molecule has 3 aromatic rings. The maximum Gasteiger partial charge on any atom is 0.241 e. The standard InChI is InChI=1S/C17H15F2N3O2S/c1-22-10-9-20-17(22)16(12-5-3-2-4-6-12)21-25(23,24)13-7-8-14(18)15(19)11-13/h2-11,16,21H,1H3/t16-/m0/s1. The van der Waals surface area contributed by atoms with Crippen LogP contribution in [-0.2, 0) is 17.1 Å². The van der Waals surface area contributed by atoms with E-state index in [1.54, 1.807) is 48.3 Å². The molecule has 0 aliphatic rings. The van der Waals surface area contributed by atoms with Gasteiger partial charge in [-0.1, -0.05) is 30.3 Å². The molecule has 0 saturated heterocycles. The molecule has 0 fully saturated rings. The van der Waals surface area contributed by atoms with Gasteiger partial charge in [-0.15, -0.1) is 0 Å². The fourth-order valence-corrected chi connectivity index (χ4v) is 3.63. The molecule has 25 heavy (non-hydrogen) atoms. The van der Waals surface area contributed by atoms with Crippen molar-refractivity contribution in [1.29, 1.82) is 0 Å². The first kappa shape index (κ1) is 17.2. The number of nitrogens with one attached hydrogen (secondary N) is 1. The second kappa shape index (κ2) is 6.73. The molecule has 3 rings (SSSR count). The fraction of sp³-hybridized carbons (Fsp3) is 0.118. The summed E-state index contributed by atoms with van der Waals surface area (Å²) in [5, 5.41) is 0. The van der Waals surface area contributed by atoms with E-state index >= 15 is 0 Å². The molecule has 2 aromatic carbocycles. The highest BCUT2D eigenvalue weighted by molar-refractivity contribution is 7.89. The fourth-order valence-electron chi connectivity index (χ4n) is 2.44. The van der Waals surface area contributed by atoms with Gasteiger partial charge in [-0.3, -0.25) is 0 Å². The Balaban J connectivity index is 2.03. The largest absolute Gasteiger partial charge is 0.336 e. The molecular formula is C17H15F2N3O2S. The number of halogens is 2. The van der Waals surface area contributed by atoms with E-state index in [4.69, 9.17) is 0 Å². The average molecular weight is 363 g/mol. The molecule has 0 saturated carbocycles. The van der Waals surface area contributed by atoms with Crippen LogP contribution in [0.15, 0.2) is 65.8 Å². The van der Waals surface area contributed by atoms with Crippen molar-refractivity contribution in [2.45, 2.75) is 10.9 Å². The number of nitrogens with zero attached hydrogens (tertiary/aromatic N) is 2. The quantitative estimate of drug-likeness (QED) is 0.758. The van der Waals surface area contributed by atoms with Gasteiger partial charge >= 0.3 is 0 Å². The van der Waals surface area contributed by atoms with Crippen molar-refractivity contribution in [1.82, 2.24) is 14.3 Å². The summed E-state index contributed by atoms with van der Waals surface area (Å²) in [6.45, 7) is 0. The zero-order valence-corrected chi connectivity index (χ0v) is 14.0. The van der Waals surface area contributed by atoms with Gasteiger partial charge in [-0.2, -0.15) is 4.72 Å². The van der Waals surface area contributed by atoms with Gasteiger partial charge in [0.05, 0.1) is 4.90 Å². The van der Waals surface area contributed by atoms with Crippen LogP contribution in [0.25, 0.3) is 0 Å². The van der Waals surface area contributed by atoms with Gasteiger partial charge in [0, 0.05) is 19.4 Å². The lowest BCUT2D eigenvalue weighted by Gasteiger charge is -2.19. The highest BCUT2D eigenvalue weighted by Crippen LogP contribution is 2.23. The third-order valence-electron chi connectivity index (χ3n) is 3.72. The molecule has 0 spiro atoms. The maximum absolute atomic E-state index is 13.4. The van der Waals surface area contributed by atoms with E-state index in [1.165, 1.54) is 0 Å². The number of imidazole rings is 1. The van der Waals surface area contributed by atoms with Crippen LogP contribution in [0.3, 0.4) is 0 Å². The second-order valence-electron chi connectivity index (χ2n) is 5.44. The molecule has 1 N–H and O–H groups in total. The summed E-state index contributed by atoms with van der Waals surface area (Å²) in [5.74, 6) is -1.86. The number of benzene rings is 2. The molecule has 0 bridgehead atoms. The summed E-state index contributed by atoms with van der Waals surface area (Å²) in [6.07, 6.45) is 3.24. The summed E-state index contributed by atoms with van der Waals surface area (Å²) < 4.78 is 56.0. The van der Waals surface area contributed by atoms with Crippen LogP contribution < -0.4 is 4.72 Å². The Morgan fingerprint density at radius 3 is 2.40 bits per heavy atom. The molecule has 5 nitrogen and oxygen atoms in total. The van der Waals surface area contributed by atoms with Crippen molar-refractivity contribution < 1.29 is 17.2 Å². The van der Waals surface area contributed by atoms with Crippen molar-refractivity contribution in [3.63, 3.8) is 0 Å². The predicted molar refractivity (Wildman–Crippen MR) is 88.2 cm³/mol. The monoisotopic (exact) mass is 363 g/mol. The molecule has 8 heteroatoms. The van der Waals surface area contributed by atoms with E-state index in [0.717, 1.165) is 12.1 Å². The Morgan fingerprint density at radius 1 is 1.08 bits per heavy atom. The third kappa shape index (κ3) is 3.59. The minimum Gasteiger partial charge on any atom is -0.336 e. The molecular weight excluding hydrogens is 348 g/mol. The first-order chi connectivity index (χ1) is 11.9. The number of sulfonamides is 1. The third-order valence-corrected chi connectivity index (χ3v) is 5.14. The Kier molecular flexibility index (Phi) is 4.65. The second-order valence-corrected chi connectivity index (χ2v) is 7.15. The Labute approximate surface area is 144 Å². The average Bonchev–Trinajstić information content (AvgIpc) is 3.02. The SMILES string of the molecule is Cn1ccnc1[C@@H](NS(=O)(=O)c1ccc(F)c(F)c1)c1ccccc1. The first-order valence-electron chi connectivity index (χ1n) is 7.38. The van der Waals surface area contributed by atoms with Crippen LogP contribution >= 0.6 is 0 Å². The van der Waals surface area contributed by atoms with Gasteiger partial charge in [0.15, 0.2) is 11.6 Å². The van der Waals surface area contributed by atoms with Crippen molar-refractivity contribution in [2.24, 2.45) is 7.05 Å². The molecule has 130 valence electrons. The summed E-state index contributed by atoms with van der Waals surface area (Å²) in [4.78, 5) is 3.84. The topological polar surface area (TPSA) is 64.0 Å². The smallest absolute Gasteiger partial charge is 0.241 e. The van der Waals surface area contributed by atoms with Crippen molar-refractivity contribution >= 4 is 10.0 Å². The minimum absolute atomic E-state index is 0.360. The van der Waals surface area contributed by atoms with E-state index in [-0.39, 0.29) is 4.90 Å². The van der Waals surface area contributed by atoms with Gasteiger partial charge in [0.2, 0.25) is 10.0 Å². The van der Waals surface area contributed by atoms with E-state index < -0.39 is 27.7 Å². The normalized spacial score (nSPS) is 12.9. The molecule has 0 amide bonds. The van der Waals surface area contributed by atoms with E-state index in [2.05, 4.69) is 9.71 Å². The first-order valence-corrected chi connectivity index (χ1v) is 8.86. The lowest BCUT2D eigenvalue weighted by molar-refractivity contribution is 0.503. The van der Waals surface area contributed by atoms with Gasteiger partial charge in [0.25, 0.3) is 0 Å². The number of rotatable bonds is 5. The molecule has 0 aliphatic carbocycles. The van der Waals surface area contributed by atoms with Crippen LogP contribution in [0.4, 0.5) is 8.78 Å². The minimum atomic E-state index is -4.10. The van der Waals surface area contributed by atoms with Gasteiger partial charge in [-0.05, 0) is 23.8 Å². The van der Waals surface area contributed by atoms with Crippen LogP contribution in [-0.4, -0.2) is 18.0 Å². The molecule has 0 radical (unpaired) electrons. The predicted octanol–water partition coefficient (Wildman–Crippen LogP) is 2.77. The molecule has 0 unspecified atom stereocenters. The molecule has 1 aromatic heterocycles. The van der Waals surface area contributed by atoms with Gasteiger partial charge in [0.1, 0.15) is 11.9 Å². The highest BCUT2D eigenvalue weighted by Gasteiger charge is 2.26. The number of aryl methyl sites for hydroxylation is 1. The zero-order chi connectivity index (χ0) is 18.0. The summed E-state index contributed by atoms with van der Waals surface area (Å²) in [6, 6.07) is 10.5. The van der Waals surface area contributed by atoms with Crippen LogP contribution in [0.1, 0.15) is 17.4 Å². The van der Waals surface area contributed by atoms with Crippen LogP contribution in [0, 0.1) is 11.6 Å². The Hall–Kier alpha value is -2.58. The zero-order valence-electron chi connectivity index (χ0n) is 13.2. The Bertz CT molecular complexity index is 988. The van der Waals surface area contributed by atoms with Crippen LogP contribution in [0.5, 0.6) is 0 Å². The molecule has 1 atom stereocenters. The summed E-state index contributed by atoms with van der Waals surface area (Å²) >= 11 is 0. The van der Waals surface area contributed by atoms with E-state index in [1.807, 2.05) is 6.07 Å². The van der Waals surface area contributed by atoms with Crippen molar-refractivity contribution in [3.05, 3.63) is 83.9 Å². The number of hydrogen-bond donors (Lipinski definition) is 1. The van der Waals surface area contributed by atoms with Gasteiger partial charge in [-0.25, -0.2) is 22.2 Å². The van der Waals surface area contributed by atoms with Gasteiger partial charge < -0.3 is 4.57 Å². The summed E-state index contributed by atoms with van der Waals surface area (Å²) in [7, 11) is -2.36. The van der Waals surface area contributed by atoms with Crippen molar-refractivity contribution in [3.8, 4) is 0 Å². The van der Waals surface area contributed by atoms with E-state index in [9.17, 15) is 17.2 Å². The van der Waals surface area contributed by atoms with E-state index in [0.29, 0.717) is 17.5 Å².